The van der Waals surface area contributed by atoms with E-state index in [0.29, 0.717) is 5.70 Å². The van der Waals surface area contributed by atoms with E-state index in [1.54, 1.807) is 0 Å². The van der Waals surface area contributed by atoms with Gasteiger partial charge in [-0.25, -0.2) is 0 Å². The normalized spacial score (nSPS) is 11.3. The molecule has 0 fully saturated rings. The first-order valence-electron chi connectivity index (χ1n) is 4.86. The Bertz CT molecular complexity index is 443. The number of benzene rings is 2. The van der Waals surface area contributed by atoms with Crippen molar-refractivity contribution in [2.24, 2.45) is 5.73 Å². The predicted molar refractivity (Wildman–Crippen MR) is 62.8 cm³/mol. The molecule has 0 atom stereocenters. The lowest BCUT2D eigenvalue weighted by molar-refractivity contribution is 1.47. The average Bonchev–Trinajstić information content (AvgIpc) is 2.31. The average molecular weight is 194 g/mol. The van der Waals surface area contributed by atoms with Gasteiger partial charge >= 0.3 is 0 Å². The molecule has 73 valence electrons. The lowest BCUT2D eigenvalue weighted by atomic mass is 10.1. The molecule has 15 heavy (non-hydrogen) atoms. The van der Waals surface area contributed by atoms with E-state index >= 15 is 0 Å². The van der Waals surface area contributed by atoms with E-state index in [4.69, 9.17) is 5.73 Å². The van der Waals surface area contributed by atoms with Gasteiger partial charge in [-0.2, -0.15) is 0 Å². The van der Waals surface area contributed by atoms with Crippen LogP contribution in [0.5, 0.6) is 0 Å². The van der Waals surface area contributed by atoms with Crippen LogP contribution in [0.15, 0.2) is 60.7 Å². The van der Waals surface area contributed by atoms with Crippen molar-refractivity contribution in [3.05, 3.63) is 77.9 Å². The zero-order chi connectivity index (χ0) is 10.5. The largest absolute Gasteiger partial charge is 0.398 e. The summed E-state index contributed by atoms with van der Waals surface area (Å²) < 4.78 is 0. The van der Waals surface area contributed by atoms with Crippen LogP contribution in [0.1, 0.15) is 11.1 Å². The van der Waals surface area contributed by atoms with Gasteiger partial charge in [-0.1, -0.05) is 60.7 Å². The van der Waals surface area contributed by atoms with Crippen LogP contribution in [0.2, 0.25) is 0 Å². The van der Waals surface area contributed by atoms with E-state index in [1.165, 1.54) is 0 Å². The molecule has 0 spiro atoms. The minimum absolute atomic E-state index is 0.668. The SMILES string of the molecule is NC(=[C]c1ccccc1)c1ccccc1. The van der Waals surface area contributed by atoms with Gasteiger partial charge in [-0.3, -0.25) is 0 Å². The molecule has 0 aliphatic carbocycles. The van der Waals surface area contributed by atoms with E-state index < -0.39 is 0 Å². The van der Waals surface area contributed by atoms with Gasteiger partial charge in [0.2, 0.25) is 0 Å². The summed E-state index contributed by atoms with van der Waals surface area (Å²) in [6, 6.07) is 19.7. The highest BCUT2D eigenvalue weighted by atomic mass is 14.6. The van der Waals surface area contributed by atoms with Crippen LogP contribution in [0.25, 0.3) is 5.70 Å². The summed E-state index contributed by atoms with van der Waals surface area (Å²) >= 11 is 0. The van der Waals surface area contributed by atoms with Crippen LogP contribution in [-0.2, 0) is 0 Å². The van der Waals surface area contributed by atoms with E-state index in [1.807, 2.05) is 60.7 Å². The molecule has 0 amide bonds. The molecule has 0 heterocycles. The first-order valence-corrected chi connectivity index (χ1v) is 4.86. The van der Waals surface area contributed by atoms with Crippen LogP contribution in [0.4, 0.5) is 0 Å². The fraction of sp³-hybridized carbons (Fsp3) is 0. The molecule has 0 unspecified atom stereocenters. The Morgan fingerprint density at radius 2 is 1.33 bits per heavy atom. The minimum Gasteiger partial charge on any atom is -0.398 e. The molecule has 2 aromatic rings. The monoisotopic (exact) mass is 194 g/mol. The van der Waals surface area contributed by atoms with Crippen molar-refractivity contribution in [2.45, 2.75) is 0 Å². The quantitative estimate of drug-likeness (QED) is 0.731. The molecule has 2 rings (SSSR count). The smallest absolute Gasteiger partial charge is 0.0474 e. The maximum absolute atomic E-state index is 5.93. The Kier molecular flexibility index (Phi) is 2.84. The fourth-order valence-electron chi connectivity index (χ4n) is 1.37. The second-order valence-corrected chi connectivity index (χ2v) is 3.27. The molecular formula is C14H12N. The molecule has 2 N–H and O–H groups in total. The lowest BCUT2D eigenvalue weighted by Gasteiger charge is -2.00. The van der Waals surface area contributed by atoms with Gasteiger partial charge < -0.3 is 5.73 Å². The molecule has 0 saturated heterocycles. The van der Waals surface area contributed by atoms with Crippen molar-refractivity contribution in [1.82, 2.24) is 0 Å². The van der Waals surface area contributed by atoms with E-state index in [0.717, 1.165) is 11.1 Å². The van der Waals surface area contributed by atoms with Gasteiger partial charge in [0.1, 0.15) is 0 Å². The highest BCUT2D eigenvalue weighted by Crippen LogP contribution is 2.10. The summed E-state index contributed by atoms with van der Waals surface area (Å²) in [5.41, 5.74) is 8.60. The standard InChI is InChI=1S/C14H12N/c15-14(13-9-5-2-6-10-13)11-12-7-3-1-4-8-12/h1-10H,15H2. The molecule has 1 nitrogen and oxygen atoms in total. The zero-order valence-electron chi connectivity index (χ0n) is 8.35. The molecule has 0 saturated carbocycles. The van der Waals surface area contributed by atoms with Crippen LogP contribution in [0.3, 0.4) is 0 Å². The van der Waals surface area contributed by atoms with Crippen LogP contribution >= 0.6 is 0 Å². The topological polar surface area (TPSA) is 26.0 Å². The fourth-order valence-corrected chi connectivity index (χ4v) is 1.37. The molecule has 2 aromatic carbocycles. The summed E-state index contributed by atoms with van der Waals surface area (Å²) in [5, 5.41) is 0. The van der Waals surface area contributed by atoms with Crippen molar-refractivity contribution in [1.29, 1.82) is 0 Å². The van der Waals surface area contributed by atoms with Gasteiger partial charge in [0, 0.05) is 11.8 Å². The van der Waals surface area contributed by atoms with Gasteiger partial charge in [-0.05, 0) is 11.1 Å². The summed E-state index contributed by atoms with van der Waals surface area (Å²) in [6.45, 7) is 0. The van der Waals surface area contributed by atoms with Crippen molar-refractivity contribution >= 4 is 5.70 Å². The van der Waals surface area contributed by atoms with E-state index in [9.17, 15) is 0 Å². The maximum atomic E-state index is 5.93. The summed E-state index contributed by atoms with van der Waals surface area (Å²) in [6.07, 6.45) is 3.15. The zero-order valence-corrected chi connectivity index (χ0v) is 8.35. The van der Waals surface area contributed by atoms with Crippen molar-refractivity contribution in [3.8, 4) is 0 Å². The summed E-state index contributed by atoms with van der Waals surface area (Å²) in [7, 11) is 0. The molecule has 0 aliphatic heterocycles. The molecule has 1 heteroatoms. The van der Waals surface area contributed by atoms with Crippen LogP contribution in [0, 0.1) is 6.08 Å². The Balaban J connectivity index is 2.29. The van der Waals surface area contributed by atoms with Crippen LogP contribution < -0.4 is 5.73 Å². The van der Waals surface area contributed by atoms with E-state index in [-0.39, 0.29) is 0 Å². The Labute approximate surface area is 89.9 Å². The number of hydrogen-bond donors (Lipinski definition) is 1. The Hall–Kier alpha value is -2.02. The second-order valence-electron chi connectivity index (χ2n) is 3.27. The first kappa shape index (κ1) is 9.53. The molecule has 0 bridgehead atoms. The summed E-state index contributed by atoms with van der Waals surface area (Å²) in [4.78, 5) is 0. The van der Waals surface area contributed by atoms with E-state index in [2.05, 4.69) is 6.08 Å². The minimum atomic E-state index is 0.668. The van der Waals surface area contributed by atoms with Gasteiger partial charge in [0.05, 0.1) is 0 Å². The number of nitrogens with two attached hydrogens (primary N) is 1. The van der Waals surface area contributed by atoms with Crippen molar-refractivity contribution in [3.63, 3.8) is 0 Å². The van der Waals surface area contributed by atoms with Crippen LogP contribution in [-0.4, -0.2) is 0 Å². The molecule has 0 aromatic heterocycles. The maximum Gasteiger partial charge on any atom is 0.0474 e. The number of rotatable bonds is 2. The van der Waals surface area contributed by atoms with Gasteiger partial charge in [0.15, 0.2) is 0 Å². The first-order chi connectivity index (χ1) is 7.36. The predicted octanol–water partition coefficient (Wildman–Crippen LogP) is 2.84. The third-order valence-corrected chi connectivity index (χ3v) is 2.14. The highest BCUT2D eigenvalue weighted by Gasteiger charge is 1.95. The summed E-state index contributed by atoms with van der Waals surface area (Å²) in [5.74, 6) is 0. The second kappa shape index (κ2) is 4.47. The van der Waals surface area contributed by atoms with Crippen molar-refractivity contribution < 1.29 is 0 Å². The van der Waals surface area contributed by atoms with Crippen molar-refractivity contribution in [2.75, 3.05) is 0 Å². The van der Waals surface area contributed by atoms with Gasteiger partial charge in [-0.15, -0.1) is 0 Å². The lowest BCUT2D eigenvalue weighted by Crippen LogP contribution is -1.96. The molecular weight excluding hydrogens is 182 g/mol. The third-order valence-electron chi connectivity index (χ3n) is 2.14. The Morgan fingerprint density at radius 3 is 1.93 bits per heavy atom. The molecule has 1 radical (unpaired) electrons. The number of hydrogen-bond acceptors (Lipinski definition) is 1. The third kappa shape index (κ3) is 2.47. The molecule has 0 aliphatic rings. The Morgan fingerprint density at radius 1 is 0.800 bits per heavy atom. The highest BCUT2D eigenvalue weighted by molar-refractivity contribution is 5.62. The van der Waals surface area contributed by atoms with Gasteiger partial charge in [0.25, 0.3) is 0 Å².